The molecule has 0 aromatic carbocycles. The number of hydrogen-bond donors (Lipinski definition) is 2. The van der Waals surface area contributed by atoms with Crippen LogP contribution in [0.5, 0.6) is 0 Å². The van der Waals surface area contributed by atoms with Gasteiger partial charge in [-0.25, -0.2) is 4.98 Å². The molecule has 0 aliphatic rings. The molecule has 0 saturated carbocycles. The molecule has 0 aliphatic heterocycles. The number of rotatable bonds is 7. The van der Waals surface area contributed by atoms with E-state index >= 15 is 0 Å². The van der Waals surface area contributed by atoms with Gasteiger partial charge in [0, 0.05) is 10.6 Å². The van der Waals surface area contributed by atoms with Crippen LogP contribution in [0.15, 0.2) is 4.34 Å². The van der Waals surface area contributed by atoms with Gasteiger partial charge in [-0.05, 0) is 19.8 Å². The molecule has 0 aliphatic carbocycles. The molecule has 0 atom stereocenters. The second kappa shape index (κ2) is 6.54. The summed E-state index contributed by atoms with van der Waals surface area (Å²) in [6.45, 7) is 5.75. The number of aromatic nitrogens is 1. The Labute approximate surface area is 115 Å². The zero-order valence-electron chi connectivity index (χ0n) is 10.9. The molecule has 0 fully saturated rings. The molecule has 4 nitrogen and oxygen atoms in total. The summed E-state index contributed by atoms with van der Waals surface area (Å²) in [7, 11) is 0. The molecule has 1 aromatic rings. The monoisotopic (exact) mass is 289 g/mol. The minimum atomic E-state index is -0.836. The highest BCUT2D eigenvalue weighted by molar-refractivity contribution is 8.01. The zero-order valence-corrected chi connectivity index (χ0v) is 12.5. The fourth-order valence-corrected chi connectivity index (χ4v) is 3.91. The summed E-state index contributed by atoms with van der Waals surface area (Å²) in [6, 6.07) is 0. The van der Waals surface area contributed by atoms with Crippen molar-refractivity contribution >= 4 is 29.1 Å². The van der Waals surface area contributed by atoms with Crippen LogP contribution in [0.2, 0.25) is 0 Å². The van der Waals surface area contributed by atoms with Crippen molar-refractivity contribution in [3.63, 3.8) is 0 Å². The number of carbonyl (C=O) groups is 1. The van der Waals surface area contributed by atoms with Gasteiger partial charge >= 0.3 is 5.97 Å². The number of thioether (sulfide) groups is 1. The normalized spacial score (nSPS) is 11.8. The molecule has 0 radical (unpaired) electrons. The minimum absolute atomic E-state index is 0.0237. The summed E-state index contributed by atoms with van der Waals surface area (Å²) >= 11 is 2.91. The van der Waals surface area contributed by atoms with Gasteiger partial charge in [-0.2, -0.15) is 0 Å². The summed E-state index contributed by atoms with van der Waals surface area (Å²) < 4.78 is 0.837. The van der Waals surface area contributed by atoms with E-state index in [4.69, 9.17) is 5.11 Å². The maximum atomic E-state index is 10.7. The molecule has 0 unspecified atom stereocenters. The van der Waals surface area contributed by atoms with Gasteiger partial charge in [0.1, 0.15) is 4.34 Å². The fourth-order valence-electron chi connectivity index (χ4n) is 1.41. The van der Waals surface area contributed by atoms with Crippen molar-refractivity contribution in [2.45, 2.75) is 50.0 Å². The smallest absolute Gasteiger partial charge is 0.308 e. The zero-order chi connectivity index (χ0) is 13.8. The molecule has 18 heavy (non-hydrogen) atoms. The molecule has 1 aromatic heterocycles. The number of thiazole rings is 1. The molecule has 1 rings (SSSR count). The third-order valence-electron chi connectivity index (χ3n) is 2.97. The highest BCUT2D eigenvalue weighted by Crippen LogP contribution is 2.31. The molecular formula is C12H19NO3S2. The first-order valence-corrected chi connectivity index (χ1v) is 7.73. The highest BCUT2D eigenvalue weighted by Gasteiger charge is 2.23. The lowest BCUT2D eigenvalue weighted by atomic mass is 10.0. The van der Waals surface area contributed by atoms with Crippen LogP contribution in [0, 0.1) is 6.92 Å². The lowest BCUT2D eigenvalue weighted by molar-refractivity contribution is -0.136. The van der Waals surface area contributed by atoms with Crippen LogP contribution >= 0.6 is 23.1 Å². The largest absolute Gasteiger partial charge is 0.481 e. The molecule has 1 heterocycles. The average molecular weight is 289 g/mol. The standard InChI is InChI=1S/C12H19NO3S2/c1-4-12(16,5-2)7-17-11-13-8(3)9(18-11)6-10(14)15/h16H,4-7H2,1-3H3,(H,14,15). The van der Waals surface area contributed by atoms with Crippen molar-refractivity contribution in [3.05, 3.63) is 10.6 Å². The Hall–Kier alpha value is -0.590. The summed E-state index contributed by atoms with van der Waals surface area (Å²) in [6.07, 6.45) is 1.45. The van der Waals surface area contributed by atoms with Crippen LogP contribution in [-0.2, 0) is 11.2 Å². The van der Waals surface area contributed by atoms with Gasteiger partial charge in [0.05, 0.1) is 17.7 Å². The summed E-state index contributed by atoms with van der Waals surface area (Å²) in [4.78, 5) is 15.8. The van der Waals surface area contributed by atoms with Gasteiger partial charge in [0.15, 0.2) is 0 Å². The molecule has 102 valence electrons. The van der Waals surface area contributed by atoms with Crippen LogP contribution in [0.3, 0.4) is 0 Å². The summed E-state index contributed by atoms with van der Waals surface area (Å²) in [5.74, 6) is -0.239. The van der Waals surface area contributed by atoms with E-state index < -0.39 is 11.6 Å². The first-order valence-electron chi connectivity index (χ1n) is 5.93. The molecule has 6 heteroatoms. The van der Waals surface area contributed by atoms with Crippen LogP contribution < -0.4 is 0 Å². The van der Waals surface area contributed by atoms with E-state index in [1.54, 1.807) is 0 Å². The Morgan fingerprint density at radius 2 is 2.06 bits per heavy atom. The number of aryl methyl sites for hydroxylation is 1. The Balaban J connectivity index is 2.66. The molecule has 0 saturated heterocycles. The van der Waals surface area contributed by atoms with Crippen LogP contribution in [0.4, 0.5) is 0 Å². The number of carboxylic acids is 1. The third kappa shape index (κ3) is 4.26. The molecular weight excluding hydrogens is 270 g/mol. The van der Waals surface area contributed by atoms with Crippen LogP contribution in [0.1, 0.15) is 37.3 Å². The maximum Gasteiger partial charge on any atom is 0.308 e. The van der Waals surface area contributed by atoms with E-state index in [1.807, 2.05) is 20.8 Å². The van der Waals surface area contributed by atoms with Crippen molar-refractivity contribution < 1.29 is 15.0 Å². The molecule has 0 spiro atoms. The average Bonchev–Trinajstić information content (AvgIpc) is 2.66. The molecule has 2 N–H and O–H groups in total. The van der Waals surface area contributed by atoms with E-state index in [0.29, 0.717) is 18.6 Å². The second-order valence-corrected chi connectivity index (χ2v) is 6.59. The van der Waals surface area contributed by atoms with Crippen molar-refractivity contribution in [2.75, 3.05) is 5.75 Å². The van der Waals surface area contributed by atoms with E-state index in [9.17, 15) is 9.90 Å². The topological polar surface area (TPSA) is 70.4 Å². The van der Waals surface area contributed by atoms with E-state index in [2.05, 4.69) is 4.98 Å². The Bertz CT molecular complexity index is 413. The van der Waals surface area contributed by atoms with Gasteiger partial charge in [0.25, 0.3) is 0 Å². The van der Waals surface area contributed by atoms with Gasteiger partial charge in [-0.15, -0.1) is 11.3 Å². The highest BCUT2D eigenvalue weighted by atomic mass is 32.2. The third-order valence-corrected chi connectivity index (χ3v) is 5.54. The molecule has 0 amide bonds. The van der Waals surface area contributed by atoms with Gasteiger partial charge < -0.3 is 10.2 Å². The SMILES string of the molecule is CCC(O)(CC)CSc1nc(C)c(CC(=O)O)s1. The number of nitrogens with zero attached hydrogens (tertiary/aromatic N) is 1. The number of carboxylic acid groups (broad SMARTS) is 1. The summed E-state index contributed by atoms with van der Waals surface area (Å²) in [5.41, 5.74) is 0.124. The van der Waals surface area contributed by atoms with Crippen LogP contribution in [0.25, 0.3) is 0 Å². The van der Waals surface area contributed by atoms with Crippen molar-refractivity contribution in [2.24, 2.45) is 0 Å². The fraction of sp³-hybridized carbons (Fsp3) is 0.667. The first kappa shape index (κ1) is 15.5. The Morgan fingerprint density at radius 1 is 1.44 bits per heavy atom. The van der Waals surface area contributed by atoms with Crippen molar-refractivity contribution in [1.82, 2.24) is 4.98 Å². The van der Waals surface area contributed by atoms with E-state index in [0.717, 1.165) is 14.9 Å². The second-order valence-electron chi connectivity index (χ2n) is 4.28. The minimum Gasteiger partial charge on any atom is -0.481 e. The van der Waals surface area contributed by atoms with E-state index in [-0.39, 0.29) is 6.42 Å². The first-order chi connectivity index (χ1) is 8.40. The van der Waals surface area contributed by atoms with Gasteiger partial charge in [-0.3, -0.25) is 4.79 Å². The van der Waals surface area contributed by atoms with Crippen molar-refractivity contribution in [3.8, 4) is 0 Å². The number of aliphatic carboxylic acids is 1. The quantitative estimate of drug-likeness (QED) is 0.755. The predicted octanol–water partition coefficient (Wildman–Crippen LogP) is 2.72. The number of aliphatic hydroxyl groups is 1. The maximum absolute atomic E-state index is 10.7. The predicted molar refractivity (Wildman–Crippen MR) is 74.4 cm³/mol. The molecule has 0 bridgehead atoms. The van der Waals surface area contributed by atoms with Crippen molar-refractivity contribution in [1.29, 1.82) is 0 Å². The summed E-state index contributed by atoms with van der Waals surface area (Å²) in [5, 5.41) is 18.9. The number of hydrogen-bond acceptors (Lipinski definition) is 5. The Morgan fingerprint density at radius 3 is 2.56 bits per heavy atom. The van der Waals surface area contributed by atoms with Gasteiger partial charge in [0.2, 0.25) is 0 Å². The van der Waals surface area contributed by atoms with E-state index in [1.165, 1.54) is 23.1 Å². The lowest BCUT2D eigenvalue weighted by Crippen LogP contribution is -2.29. The van der Waals surface area contributed by atoms with Crippen LogP contribution in [-0.4, -0.2) is 32.5 Å². The Kier molecular flexibility index (Phi) is 5.62. The van der Waals surface area contributed by atoms with Gasteiger partial charge in [-0.1, -0.05) is 25.6 Å². The lowest BCUT2D eigenvalue weighted by Gasteiger charge is -2.23.